The van der Waals surface area contributed by atoms with E-state index in [4.69, 9.17) is 9.84 Å². The van der Waals surface area contributed by atoms with Crippen LogP contribution in [0.3, 0.4) is 0 Å². The predicted molar refractivity (Wildman–Crippen MR) is 99.6 cm³/mol. The zero-order valence-electron chi connectivity index (χ0n) is 14.0. The van der Waals surface area contributed by atoms with Gasteiger partial charge in [-0.2, -0.15) is 0 Å². The highest BCUT2D eigenvalue weighted by molar-refractivity contribution is 7.20. The van der Waals surface area contributed by atoms with Crippen molar-refractivity contribution in [3.8, 4) is 10.9 Å². The van der Waals surface area contributed by atoms with E-state index in [2.05, 4.69) is 4.98 Å². The van der Waals surface area contributed by atoms with E-state index in [9.17, 15) is 4.79 Å². The van der Waals surface area contributed by atoms with E-state index in [1.165, 1.54) is 16.9 Å². The second-order valence-electron chi connectivity index (χ2n) is 5.89. The SMILES string of the molecule is CN(CCC(=O)O)CCc1ccc(Oc2nc3ccccc3s2)cc1. The minimum absolute atomic E-state index is 0.172. The monoisotopic (exact) mass is 356 g/mol. The maximum absolute atomic E-state index is 10.6. The van der Waals surface area contributed by atoms with Crippen molar-refractivity contribution < 1.29 is 14.6 Å². The fourth-order valence-corrected chi connectivity index (χ4v) is 3.27. The van der Waals surface area contributed by atoms with Crippen molar-refractivity contribution in [2.24, 2.45) is 0 Å². The number of thiazole rings is 1. The Morgan fingerprint density at radius 3 is 2.64 bits per heavy atom. The van der Waals surface area contributed by atoms with E-state index in [1.54, 1.807) is 0 Å². The van der Waals surface area contributed by atoms with Gasteiger partial charge in [-0.15, -0.1) is 0 Å². The van der Waals surface area contributed by atoms with Crippen molar-refractivity contribution in [1.29, 1.82) is 0 Å². The molecule has 5 nitrogen and oxygen atoms in total. The lowest BCUT2D eigenvalue weighted by atomic mass is 10.1. The number of benzene rings is 2. The molecule has 0 fully saturated rings. The number of ether oxygens (including phenoxy) is 1. The number of likely N-dealkylation sites (N-methyl/N-ethyl adjacent to an activating group) is 1. The van der Waals surface area contributed by atoms with Crippen LogP contribution in [0.15, 0.2) is 48.5 Å². The molecule has 0 radical (unpaired) electrons. The summed E-state index contributed by atoms with van der Waals surface area (Å²) >= 11 is 1.53. The Bertz CT molecular complexity index is 812. The van der Waals surface area contributed by atoms with Crippen molar-refractivity contribution in [2.45, 2.75) is 12.8 Å². The van der Waals surface area contributed by atoms with Crippen molar-refractivity contribution >= 4 is 27.5 Å². The van der Waals surface area contributed by atoms with Crippen LogP contribution in [0.25, 0.3) is 10.2 Å². The molecular weight excluding hydrogens is 336 g/mol. The molecule has 0 saturated carbocycles. The molecule has 0 amide bonds. The molecule has 0 atom stereocenters. The molecule has 0 unspecified atom stereocenters. The molecule has 1 aromatic heterocycles. The Labute approximate surface area is 150 Å². The highest BCUT2D eigenvalue weighted by atomic mass is 32.1. The van der Waals surface area contributed by atoms with Crippen LogP contribution in [-0.4, -0.2) is 41.1 Å². The van der Waals surface area contributed by atoms with Gasteiger partial charge in [0.25, 0.3) is 5.19 Å². The number of fused-ring (bicyclic) bond motifs is 1. The number of hydrogen-bond donors (Lipinski definition) is 1. The third kappa shape index (κ3) is 5.01. The highest BCUT2D eigenvalue weighted by Gasteiger charge is 2.06. The van der Waals surface area contributed by atoms with Gasteiger partial charge in [0.05, 0.1) is 16.6 Å². The Kier molecular flexibility index (Phi) is 5.63. The summed E-state index contributed by atoms with van der Waals surface area (Å²) < 4.78 is 6.95. The number of carboxylic acids is 1. The summed E-state index contributed by atoms with van der Waals surface area (Å²) in [5.74, 6) is 0.00485. The first-order chi connectivity index (χ1) is 12.1. The van der Waals surface area contributed by atoms with E-state index in [1.807, 2.05) is 60.5 Å². The zero-order valence-corrected chi connectivity index (χ0v) is 14.8. The van der Waals surface area contributed by atoms with Crippen molar-refractivity contribution in [2.75, 3.05) is 20.1 Å². The van der Waals surface area contributed by atoms with Crippen LogP contribution in [0.1, 0.15) is 12.0 Å². The summed E-state index contributed by atoms with van der Waals surface area (Å²) in [6.07, 6.45) is 1.04. The summed E-state index contributed by atoms with van der Waals surface area (Å²) in [6, 6.07) is 15.9. The lowest BCUT2D eigenvalue weighted by Crippen LogP contribution is -2.24. The molecule has 0 aliphatic rings. The van der Waals surface area contributed by atoms with Gasteiger partial charge < -0.3 is 14.7 Å². The van der Waals surface area contributed by atoms with Gasteiger partial charge in [-0.3, -0.25) is 4.79 Å². The number of carboxylic acid groups (broad SMARTS) is 1. The summed E-state index contributed by atoms with van der Waals surface area (Å²) in [7, 11) is 1.94. The molecule has 3 aromatic rings. The molecule has 1 N–H and O–H groups in total. The number of hydrogen-bond acceptors (Lipinski definition) is 5. The van der Waals surface area contributed by atoms with Gasteiger partial charge in [0.2, 0.25) is 0 Å². The van der Waals surface area contributed by atoms with Crippen molar-refractivity contribution in [1.82, 2.24) is 9.88 Å². The van der Waals surface area contributed by atoms with Crippen LogP contribution in [0, 0.1) is 0 Å². The average molecular weight is 356 g/mol. The highest BCUT2D eigenvalue weighted by Crippen LogP contribution is 2.31. The van der Waals surface area contributed by atoms with Crippen molar-refractivity contribution in [3.05, 3.63) is 54.1 Å². The molecule has 0 aliphatic heterocycles. The Hall–Kier alpha value is -2.44. The smallest absolute Gasteiger partial charge is 0.304 e. The maximum atomic E-state index is 10.6. The van der Waals surface area contributed by atoms with Crippen LogP contribution in [0.4, 0.5) is 0 Å². The second kappa shape index (κ2) is 8.09. The first kappa shape index (κ1) is 17.4. The van der Waals surface area contributed by atoms with E-state index >= 15 is 0 Å². The lowest BCUT2D eigenvalue weighted by Gasteiger charge is -2.15. The standard InChI is InChI=1S/C19H20N2O3S/c1-21(13-11-18(22)23)12-10-14-6-8-15(9-7-14)24-19-20-16-4-2-3-5-17(16)25-19/h2-9H,10-13H2,1H3,(H,22,23). The van der Waals surface area contributed by atoms with Gasteiger partial charge in [-0.1, -0.05) is 35.6 Å². The second-order valence-corrected chi connectivity index (χ2v) is 6.88. The number of nitrogens with zero attached hydrogens (tertiary/aromatic N) is 2. The quantitative estimate of drug-likeness (QED) is 0.660. The summed E-state index contributed by atoms with van der Waals surface area (Å²) in [5.41, 5.74) is 2.14. The number of carbonyl (C=O) groups is 1. The first-order valence-corrected chi connectivity index (χ1v) is 8.94. The number of aromatic nitrogens is 1. The van der Waals surface area contributed by atoms with Crippen LogP contribution in [-0.2, 0) is 11.2 Å². The molecule has 2 aromatic carbocycles. The lowest BCUT2D eigenvalue weighted by molar-refractivity contribution is -0.137. The largest absolute Gasteiger partial charge is 0.481 e. The molecular formula is C19H20N2O3S. The third-order valence-electron chi connectivity index (χ3n) is 3.89. The minimum Gasteiger partial charge on any atom is -0.481 e. The van der Waals surface area contributed by atoms with Crippen LogP contribution in [0.5, 0.6) is 10.9 Å². The first-order valence-electron chi connectivity index (χ1n) is 8.13. The molecule has 1 heterocycles. The topological polar surface area (TPSA) is 62.7 Å². The van der Waals surface area contributed by atoms with Crippen molar-refractivity contribution in [3.63, 3.8) is 0 Å². The van der Waals surface area contributed by atoms with E-state index in [0.717, 1.165) is 28.9 Å². The van der Waals surface area contributed by atoms with Gasteiger partial charge >= 0.3 is 5.97 Å². The van der Waals surface area contributed by atoms with Crippen LogP contribution >= 0.6 is 11.3 Å². The van der Waals surface area contributed by atoms with Crippen LogP contribution in [0.2, 0.25) is 0 Å². The fraction of sp³-hybridized carbons (Fsp3) is 0.263. The van der Waals surface area contributed by atoms with E-state index in [0.29, 0.717) is 11.7 Å². The minimum atomic E-state index is -0.761. The molecule has 0 spiro atoms. The fourth-order valence-electron chi connectivity index (χ4n) is 2.44. The maximum Gasteiger partial charge on any atom is 0.304 e. The summed E-state index contributed by atoms with van der Waals surface area (Å²) in [6.45, 7) is 1.39. The van der Waals surface area contributed by atoms with Gasteiger partial charge in [-0.25, -0.2) is 4.98 Å². The number of aliphatic carboxylic acids is 1. The molecule has 0 aliphatic carbocycles. The zero-order chi connectivity index (χ0) is 17.6. The Morgan fingerprint density at radius 1 is 1.16 bits per heavy atom. The molecule has 0 bridgehead atoms. The van der Waals surface area contributed by atoms with E-state index in [-0.39, 0.29) is 6.42 Å². The molecule has 6 heteroatoms. The molecule has 25 heavy (non-hydrogen) atoms. The third-order valence-corrected chi connectivity index (χ3v) is 4.81. The number of rotatable bonds is 8. The Balaban J connectivity index is 1.54. The molecule has 3 rings (SSSR count). The molecule has 0 saturated heterocycles. The summed E-state index contributed by atoms with van der Waals surface area (Å²) in [4.78, 5) is 17.1. The van der Waals surface area contributed by atoms with Gasteiger partial charge in [0, 0.05) is 13.1 Å². The van der Waals surface area contributed by atoms with Crippen LogP contribution < -0.4 is 4.74 Å². The molecule has 130 valence electrons. The van der Waals surface area contributed by atoms with Gasteiger partial charge in [-0.05, 0) is 43.3 Å². The Morgan fingerprint density at radius 2 is 1.92 bits per heavy atom. The average Bonchev–Trinajstić information content (AvgIpc) is 3.01. The van der Waals surface area contributed by atoms with Gasteiger partial charge in [0.15, 0.2) is 0 Å². The predicted octanol–water partition coefficient (Wildman–Crippen LogP) is 4.04. The normalized spacial score (nSPS) is 11.1. The van der Waals surface area contributed by atoms with Gasteiger partial charge in [0.1, 0.15) is 5.75 Å². The summed E-state index contributed by atoms with van der Waals surface area (Å²) in [5, 5.41) is 9.34. The number of para-hydroxylation sites is 1. The van der Waals surface area contributed by atoms with E-state index < -0.39 is 5.97 Å².